The third-order valence-electron chi connectivity index (χ3n) is 11.5. The second kappa shape index (κ2) is 14.1. The van der Waals surface area contributed by atoms with Crippen LogP contribution in [0.1, 0.15) is 5.56 Å². The zero-order valence-electron chi connectivity index (χ0n) is 31.7. The van der Waals surface area contributed by atoms with Crippen molar-refractivity contribution in [2.75, 3.05) is 4.90 Å². The van der Waals surface area contributed by atoms with E-state index >= 15 is 0 Å². The Morgan fingerprint density at radius 3 is 1.79 bits per heavy atom. The van der Waals surface area contributed by atoms with Gasteiger partial charge in [-0.2, -0.15) is 0 Å². The number of benzene rings is 9. The van der Waals surface area contributed by atoms with Crippen molar-refractivity contribution in [3.05, 3.63) is 218 Å². The van der Waals surface area contributed by atoms with E-state index in [1.165, 1.54) is 60.2 Å². The lowest BCUT2D eigenvalue weighted by molar-refractivity contribution is 0.622. The summed E-state index contributed by atoms with van der Waals surface area (Å²) < 4.78 is 2.43. The summed E-state index contributed by atoms with van der Waals surface area (Å²) in [6, 6.07) is 74.1. The number of aromatic nitrogens is 1. The van der Waals surface area contributed by atoms with Crippen LogP contribution in [0.25, 0.3) is 76.9 Å². The maximum absolute atomic E-state index is 5.09. The summed E-state index contributed by atoms with van der Waals surface area (Å²) in [7, 11) is 0. The van der Waals surface area contributed by atoms with E-state index in [0.717, 1.165) is 33.6 Å². The van der Waals surface area contributed by atoms with E-state index in [-0.39, 0.29) is 6.29 Å². The maximum atomic E-state index is 5.09. The number of aliphatic imine (C=N–C) groups is 1. The van der Waals surface area contributed by atoms with Crippen molar-refractivity contribution >= 4 is 66.5 Å². The minimum Gasteiger partial charge on any atom is -0.352 e. The summed E-state index contributed by atoms with van der Waals surface area (Å²) >= 11 is 0. The van der Waals surface area contributed by atoms with Gasteiger partial charge in [-0.25, -0.2) is 4.99 Å². The molecule has 9 aromatic carbocycles. The zero-order chi connectivity index (χ0) is 38.4. The van der Waals surface area contributed by atoms with Crippen molar-refractivity contribution in [3.63, 3.8) is 0 Å². The van der Waals surface area contributed by atoms with Crippen LogP contribution in [0.5, 0.6) is 0 Å². The highest BCUT2D eigenvalue weighted by Gasteiger charge is 2.24. The van der Waals surface area contributed by atoms with Gasteiger partial charge in [0.2, 0.25) is 0 Å². The molecule has 0 radical (unpaired) electrons. The molecule has 1 aliphatic rings. The summed E-state index contributed by atoms with van der Waals surface area (Å²) in [5.41, 5.74) is 12.6. The first-order valence-electron chi connectivity index (χ1n) is 19.8. The highest BCUT2D eigenvalue weighted by atomic mass is 15.4. The smallest absolute Gasteiger partial charge is 0.200 e. The normalized spacial score (nSPS) is 13.9. The Morgan fingerprint density at radius 2 is 1.02 bits per heavy atom. The standard InChI is InChI=1S/C54H38N4/c1-2-13-37(14-3-1)44-35-55-54(56-36-44)57(50-25-11-17-40-15-4-6-21-46(40)50)45-20-10-19-42(33-45)38-27-29-39(30-28-38)43-31-32-49-48-23-8-9-24-52(48)58(53(49)34-43)51-26-12-18-41-16-5-7-22-47(41)51/h1-36,54-55H. The molecule has 11 rings (SSSR count). The molecule has 0 saturated heterocycles. The lowest BCUT2D eigenvalue weighted by atomic mass is 9.99. The Morgan fingerprint density at radius 1 is 0.431 bits per heavy atom. The fourth-order valence-electron chi connectivity index (χ4n) is 8.66. The molecular weight excluding hydrogens is 705 g/mol. The molecule has 0 saturated carbocycles. The third kappa shape index (κ3) is 5.82. The van der Waals surface area contributed by atoms with Crippen LogP contribution in [-0.4, -0.2) is 17.1 Å². The second-order valence-electron chi connectivity index (χ2n) is 14.9. The molecule has 0 fully saturated rings. The molecule has 1 N–H and O–H groups in total. The van der Waals surface area contributed by atoms with Crippen molar-refractivity contribution in [1.82, 2.24) is 9.88 Å². The summed E-state index contributed by atoms with van der Waals surface area (Å²) in [6.45, 7) is 0. The van der Waals surface area contributed by atoms with Gasteiger partial charge in [-0.15, -0.1) is 0 Å². The van der Waals surface area contributed by atoms with E-state index in [4.69, 9.17) is 4.99 Å². The van der Waals surface area contributed by atoms with E-state index in [1.54, 1.807) is 0 Å². The predicted molar refractivity (Wildman–Crippen MR) is 245 cm³/mol. The largest absolute Gasteiger partial charge is 0.352 e. The van der Waals surface area contributed by atoms with Gasteiger partial charge >= 0.3 is 0 Å². The van der Waals surface area contributed by atoms with Crippen molar-refractivity contribution < 1.29 is 0 Å². The summed E-state index contributed by atoms with van der Waals surface area (Å²) in [5, 5.41) is 11.0. The van der Waals surface area contributed by atoms with Crippen molar-refractivity contribution in [2.45, 2.75) is 6.29 Å². The molecule has 4 nitrogen and oxygen atoms in total. The van der Waals surface area contributed by atoms with Crippen LogP contribution in [0.15, 0.2) is 217 Å². The Labute approximate surface area is 337 Å². The fraction of sp³-hybridized carbons (Fsp3) is 0.0185. The molecule has 1 atom stereocenters. The average molecular weight is 743 g/mol. The van der Waals surface area contributed by atoms with Gasteiger partial charge in [-0.05, 0) is 75.0 Å². The summed E-state index contributed by atoms with van der Waals surface area (Å²) in [4.78, 5) is 7.40. The summed E-state index contributed by atoms with van der Waals surface area (Å²) in [5.74, 6) is 0. The zero-order valence-corrected chi connectivity index (χ0v) is 31.7. The number of nitrogens with one attached hydrogen (secondary N) is 1. The van der Waals surface area contributed by atoms with Crippen LogP contribution in [-0.2, 0) is 0 Å². The number of fused-ring (bicyclic) bond motifs is 5. The van der Waals surface area contributed by atoms with E-state index < -0.39 is 0 Å². The number of para-hydroxylation sites is 1. The lowest BCUT2D eigenvalue weighted by Gasteiger charge is -2.34. The SMILES string of the molecule is C1=NC(N(c2cccc(-c3ccc(-c4ccc5c6ccccc6n(-c6cccc7ccccc67)c5c4)cc3)c2)c2cccc3ccccc23)NC=C1c1ccccc1. The number of hydrogen-bond donors (Lipinski definition) is 1. The fourth-order valence-corrected chi connectivity index (χ4v) is 8.66. The number of hydrogen-bond acceptors (Lipinski definition) is 3. The first-order valence-corrected chi connectivity index (χ1v) is 19.8. The first-order chi connectivity index (χ1) is 28.8. The third-order valence-corrected chi connectivity index (χ3v) is 11.5. The van der Waals surface area contributed by atoms with Crippen LogP contribution in [0.3, 0.4) is 0 Å². The lowest BCUT2D eigenvalue weighted by Crippen LogP contribution is -2.41. The van der Waals surface area contributed by atoms with E-state index in [0.29, 0.717) is 0 Å². The molecule has 2 heterocycles. The van der Waals surface area contributed by atoms with Gasteiger partial charge < -0.3 is 14.8 Å². The molecular formula is C54H38N4. The van der Waals surface area contributed by atoms with Crippen LogP contribution in [0, 0.1) is 0 Å². The molecule has 4 heteroatoms. The molecule has 58 heavy (non-hydrogen) atoms. The Balaban J connectivity index is 0.964. The maximum Gasteiger partial charge on any atom is 0.200 e. The minimum absolute atomic E-state index is 0.338. The number of anilines is 2. The van der Waals surface area contributed by atoms with Crippen molar-refractivity contribution in [1.29, 1.82) is 0 Å². The molecule has 1 unspecified atom stereocenters. The molecule has 1 aromatic heterocycles. The first kappa shape index (κ1) is 33.6. The van der Waals surface area contributed by atoms with Crippen molar-refractivity contribution in [3.8, 4) is 27.9 Å². The number of nitrogens with zero attached hydrogens (tertiary/aromatic N) is 3. The highest BCUT2D eigenvalue weighted by Crippen LogP contribution is 2.39. The monoisotopic (exact) mass is 742 g/mol. The second-order valence-corrected chi connectivity index (χ2v) is 14.9. The Kier molecular flexibility index (Phi) is 8.18. The molecule has 10 aromatic rings. The predicted octanol–water partition coefficient (Wildman–Crippen LogP) is 13.6. The molecule has 0 aliphatic carbocycles. The minimum atomic E-state index is -0.338. The summed E-state index contributed by atoms with van der Waals surface area (Å²) in [6.07, 6.45) is 3.72. The number of rotatable bonds is 7. The van der Waals surface area contributed by atoms with E-state index in [9.17, 15) is 0 Å². The van der Waals surface area contributed by atoms with Crippen LogP contribution in [0.4, 0.5) is 11.4 Å². The molecule has 1 aliphatic heterocycles. The molecule has 0 amide bonds. The molecule has 274 valence electrons. The van der Waals surface area contributed by atoms with Gasteiger partial charge in [0.1, 0.15) is 0 Å². The van der Waals surface area contributed by atoms with Crippen LogP contribution >= 0.6 is 0 Å². The van der Waals surface area contributed by atoms with Gasteiger partial charge in [0.25, 0.3) is 0 Å². The van der Waals surface area contributed by atoms with Crippen LogP contribution in [0.2, 0.25) is 0 Å². The van der Waals surface area contributed by atoms with Gasteiger partial charge in [-0.3, -0.25) is 0 Å². The van der Waals surface area contributed by atoms with Crippen LogP contribution < -0.4 is 10.2 Å². The van der Waals surface area contributed by atoms with Gasteiger partial charge in [0, 0.05) is 45.2 Å². The van der Waals surface area contributed by atoms with Crippen molar-refractivity contribution in [2.24, 2.45) is 4.99 Å². The van der Waals surface area contributed by atoms with E-state index in [2.05, 4.69) is 221 Å². The van der Waals surface area contributed by atoms with Gasteiger partial charge in [0.15, 0.2) is 6.29 Å². The Hall–Kier alpha value is -7.69. The van der Waals surface area contributed by atoms with E-state index in [1.807, 2.05) is 12.3 Å². The molecule has 0 spiro atoms. The average Bonchev–Trinajstić information content (AvgIpc) is 3.63. The van der Waals surface area contributed by atoms with Gasteiger partial charge in [0.05, 0.1) is 22.4 Å². The quantitative estimate of drug-likeness (QED) is 0.176. The highest BCUT2D eigenvalue weighted by molar-refractivity contribution is 6.12. The topological polar surface area (TPSA) is 32.6 Å². The van der Waals surface area contributed by atoms with Gasteiger partial charge in [-0.1, -0.05) is 170 Å². The number of allylic oxidation sites excluding steroid dienone is 1. The molecule has 0 bridgehead atoms. The Bertz CT molecular complexity index is 3200.